The summed E-state index contributed by atoms with van der Waals surface area (Å²) in [6, 6.07) is 6.23. The van der Waals surface area contributed by atoms with Crippen molar-refractivity contribution in [3.8, 4) is 0 Å². The van der Waals surface area contributed by atoms with Crippen LogP contribution < -0.4 is 10.2 Å². The second-order valence-corrected chi connectivity index (χ2v) is 4.34. The molecule has 0 aliphatic heterocycles. The van der Waals surface area contributed by atoms with Crippen LogP contribution >= 0.6 is 0 Å². The number of hydrogen-bond donors (Lipinski definition) is 1. The molecule has 3 nitrogen and oxygen atoms in total. The highest BCUT2D eigenvalue weighted by atomic mass is 15.2. The first-order valence-corrected chi connectivity index (χ1v) is 5.61. The molecule has 1 aliphatic rings. The molecule has 1 N–H and O–H groups in total. The molecule has 0 radical (unpaired) electrons. The van der Waals surface area contributed by atoms with Crippen LogP contribution in [0.4, 0.5) is 5.82 Å². The van der Waals surface area contributed by atoms with E-state index >= 15 is 0 Å². The molecular formula is C12H19N3. The Balaban J connectivity index is 2.01. The standard InChI is InChI=1S/C12H19N3/c1-13-8-11-4-3-5-12(14-11)15(2)9-10-6-7-10/h3-5,10,13H,6-9H2,1-2H3. The maximum Gasteiger partial charge on any atom is 0.128 e. The van der Waals surface area contributed by atoms with Crippen molar-refractivity contribution in [1.82, 2.24) is 10.3 Å². The topological polar surface area (TPSA) is 28.2 Å². The normalized spacial score (nSPS) is 15.3. The fourth-order valence-electron chi connectivity index (χ4n) is 1.74. The summed E-state index contributed by atoms with van der Waals surface area (Å²) in [5.74, 6) is 2.00. The van der Waals surface area contributed by atoms with Gasteiger partial charge in [0.25, 0.3) is 0 Å². The van der Waals surface area contributed by atoms with Crippen LogP contribution in [0.15, 0.2) is 18.2 Å². The summed E-state index contributed by atoms with van der Waals surface area (Å²) in [6.07, 6.45) is 2.78. The fraction of sp³-hybridized carbons (Fsp3) is 0.583. The molecule has 0 saturated heterocycles. The van der Waals surface area contributed by atoms with Crippen molar-refractivity contribution >= 4 is 5.82 Å². The third kappa shape index (κ3) is 2.93. The first-order valence-electron chi connectivity index (χ1n) is 5.61. The molecule has 0 aromatic carbocycles. The van der Waals surface area contributed by atoms with E-state index in [1.54, 1.807) is 0 Å². The molecule has 0 atom stereocenters. The third-order valence-corrected chi connectivity index (χ3v) is 2.77. The zero-order valence-electron chi connectivity index (χ0n) is 9.53. The molecule has 0 unspecified atom stereocenters. The van der Waals surface area contributed by atoms with Gasteiger partial charge in [-0.2, -0.15) is 0 Å². The quantitative estimate of drug-likeness (QED) is 0.792. The smallest absolute Gasteiger partial charge is 0.128 e. The van der Waals surface area contributed by atoms with Crippen LogP contribution in [0.25, 0.3) is 0 Å². The lowest BCUT2D eigenvalue weighted by atomic mass is 10.3. The largest absolute Gasteiger partial charge is 0.359 e. The number of pyridine rings is 1. The zero-order valence-corrected chi connectivity index (χ0v) is 9.53. The Morgan fingerprint density at radius 3 is 2.93 bits per heavy atom. The number of aromatic nitrogens is 1. The molecule has 1 aromatic rings. The van der Waals surface area contributed by atoms with Crippen molar-refractivity contribution < 1.29 is 0 Å². The lowest BCUT2D eigenvalue weighted by Crippen LogP contribution is -2.21. The van der Waals surface area contributed by atoms with Gasteiger partial charge >= 0.3 is 0 Å². The van der Waals surface area contributed by atoms with E-state index in [1.165, 1.54) is 12.8 Å². The van der Waals surface area contributed by atoms with Crippen molar-refractivity contribution in [2.45, 2.75) is 19.4 Å². The van der Waals surface area contributed by atoms with E-state index in [9.17, 15) is 0 Å². The summed E-state index contributed by atoms with van der Waals surface area (Å²) in [7, 11) is 4.08. The minimum Gasteiger partial charge on any atom is -0.359 e. The highest BCUT2D eigenvalue weighted by Crippen LogP contribution is 2.30. The molecule has 1 fully saturated rings. The molecule has 0 spiro atoms. The maximum absolute atomic E-state index is 4.61. The predicted molar refractivity (Wildman–Crippen MR) is 63.0 cm³/mol. The van der Waals surface area contributed by atoms with Gasteiger partial charge in [0.2, 0.25) is 0 Å². The van der Waals surface area contributed by atoms with Crippen LogP contribution in [-0.2, 0) is 6.54 Å². The Morgan fingerprint density at radius 1 is 1.47 bits per heavy atom. The van der Waals surface area contributed by atoms with Gasteiger partial charge in [0.15, 0.2) is 0 Å². The molecule has 1 aliphatic carbocycles. The minimum atomic E-state index is 0.838. The molecule has 15 heavy (non-hydrogen) atoms. The Kier molecular flexibility index (Phi) is 3.21. The summed E-state index contributed by atoms with van der Waals surface area (Å²) in [4.78, 5) is 6.87. The Morgan fingerprint density at radius 2 is 2.27 bits per heavy atom. The van der Waals surface area contributed by atoms with Crippen molar-refractivity contribution in [3.63, 3.8) is 0 Å². The van der Waals surface area contributed by atoms with E-state index in [-0.39, 0.29) is 0 Å². The van der Waals surface area contributed by atoms with Crippen molar-refractivity contribution in [1.29, 1.82) is 0 Å². The van der Waals surface area contributed by atoms with Crippen molar-refractivity contribution in [2.75, 3.05) is 25.5 Å². The average Bonchev–Trinajstić information content (AvgIpc) is 3.03. The lowest BCUT2D eigenvalue weighted by Gasteiger charge is -2.18. The Bertz CT molecular complexity index is 320. The molecule has 0 bridgehead atoms. The van der Waals surface area contributed by atoms with E-state index in [0.717, 1.165) is 30.5 Å². The van der Waals surface area contributed by atoms with E-state index in [2.05, 4.69) is 40.4 Å². The van der Waals surface area contributed by atoms with Crippen LogP contribution in [0.5, 0.6) is 0 Å². The third-order valence-electron chi connectivity index (χ3n) is 2.77. The van der Waals surface area contributed by atoms with Gasteiger partial charge in [0.05, 0.1) is 5.69 Å². The van der Waals surface area contributed by atoms with Crippen LogP contribution in [0, 0.1) is 5.92 Å². The van der Waals surface area contributed by atoms with Crippen LogP contribution in [-0.4, -0.2) is 25.6 Å². The van der Waals surface area contributed by atoms with Gasteiger partial charge < -0.3 is 10.2 Å². The van der Waals surface area contributed by atoms with Crippen LogP contribution in [0.1, 0.15) is 18.5 Å². The summed E-state index contributed by atoms with van der Waals surface area (Å²) in [5.41, 5.74) is 1.11. The number of anilines is 1. The number of nitrogens with zero attached hydrogens (tertiary/aromatic N) is 2. The molecule has 1 heterocycles. The molecule has 1 saturated carbocycles. The second kappa shape index (κ2) is 4.62. The molecule has 3 heteroatoms. The number of rotatable bonds is 5. The first kappa shape index (κ1) is 10.4. The Labute approximate surface area is 91.5 Å². The molecule has 0 amide bonds. The molecule has 82 valence electrons. The SMILES string of the molecule is CNCc1cccc(N(C)CC2CC2)n1. The predicted octanol–water partition coefficient (Wildman–Crippen LogP) is 1.65. The monoisotopic (exact) mass is 205 g/mol. The Hall–Kier alpha value is -1.09. The van der Waals surface area contributed by atoms with E-state index in [0.29, 0.717) is 0 Å². The van der Waals surface area contributed by atoms with Gasteiger partial charge in [-0.25, -0.2) is 4.98 Å². The second-order valence-electron chi connectivity index (χ2n) is 4.34. The van der Waals surface area contributed by atoms with Gasteiger partial charge in [0, 0.05) is 20.1 Å². The maximum atomic E-state index is 4.61. The van der Waals surface area contributed by atoms with Gasteiger partial charge in [0.1, 0.15) is 5.82 Å². The number of nitrogens with one attached hydrogen (secondary N) is 1. The highest BCUT2D eigenvalue weighted by molar-refractivity contribution is 5.38. The summed E-state index contributed by atoms with van der Waals surface area (Å²) >= 11 is 0. The average molecular weight is 205 g/mol. The van der Waals surface area contributed by atoms with Gasteiger partial charge in [-0.3, -0.25) is 0 Å². The first-order chi connectivity index (χ1) is 7.29. The fourth-order valence-corrected chi connectivity index (χ4v) is 1.74. The van der Waals surface area contributed by atoms with Gasteiger partial charge in [-0.15, -0.1) is 0 Å². The van der Waals surface area contributed by atoms with Gasteiger partial charge in [-0.1, -0.05) is 6.07 Å². The van der Waals surface area contributed by atoms with E-state index in [4.69, 9.17) is 0 Å². The minimum absolute atomic E-state index is 0.838. The summed E-state index contributed by atoms with van der Waals surface area (Å²) in [6.45, 7) is 1.99. The molecule has 1 aromatic heterocycles. The zero-order chi connectivity index (χ0) is 10.7. The van der Waals surface area contributed by atoms with Crippen molar-refractivity contribution in [3.05, 3.63) is 23.9 Å². The summed E-state index contributed by atoms with van der Waals surface area (Å²) in [5, 5.41) is 3.12. The van der Waals surface area contributed by atoms with E-state index in [1.807, 2.05) is 7.05 Å². The van der Waals surface area contributed by atoms with Crippen LogP contribution in [0.2, 0.25) is 0 Å². The highest BCUT2D eigenvalue weighted by Gasteiger charge is 2.23. The molecule has 2 rings (SSSR count). The van der Waals surface area contributed by atoms with E-state index < -0.39 is 0 Å². The van der Waals surface area contributed by atoms with Crippen LogP contribution in [0.3, 0.4) is 0 Å². The van der Waals surface area contributed by atoms with Crippen molar-refractivity contribution in [2.24, 2.45) is 5.92 Å². The van der Waals surface area contributed by atoms with Gasteiger partial charge in [-0.05, 0) is 37.9 Å². The number of hydrogen-bond acceptors (Lipinski definition) is 3. The lowest BCUT2D eigenvalue weighted by molar-refractivity contribution is 0.758. The molecular weight excluding hydrogens is 186 g/mol. The summed E-state index contributed by atoms with van der Waals surface area (Å²) < 4.78 is 0.